The fourth-order valence-electron chi connectivity index (χ4n) is 1.55. The molecule has 1 N–H and O–H groups in total. The molecule has 1 aliphatic rings. The number of aliphatic hydroxyl groups is 1. The maximum Gasteiger partial charge on any atom is 0.144 e. The van der Waals surface area contributed by atoms with Crippen LogP contribution < -0.4 is 0 Å². The van der Waals surface area contributed by atoms with Crippen LogP contribution in [0.5, 0.6) is 0 Å². The van der Waals surface area contributed by atoms with Crippen molar-refractivity contribution in [1.29, 1.82) is 0 Å². The second-order valence-corrected chi connectivity index (χ2v) is 3.75. The molecular formula is C12H18O. The van der Waals surface area contributed by atoms with Gasteiger partial charge in [0.15, 0.2) is 0 Å². The van der Waals surface area contributed by atoms with E-state index < -0.39 is 5.60 Å². The van der Waals surface area contributed by atoms with Crippen LogP contribution in [0.1, 0.15) is 46.0 Å². The number of rotatable bonds is 2. The lowest BCUT2D eigenvalue weighted by Crippen LogP contribution is -2.23. The maximum absolute atomic E-state index is 10.00. The summed E-state index contributed by atoms with van der Waals surface area (Å²) in [5.41, 5.74) is 0.238. The molecule has 1 heteroatoms. The van der Waals surface area contributed by atoms with E-state index >= 15 is 0 Å². The third-order valence-electron chi connectivity index (χ3n) is 2.37. The summed E-state index contributed by atoms with van der Waals surface area (Å²) in [6.07, 6.45) is 7.34. The number of unbranched alkanes of at least 4 members (excludes halogenated alkanes) is 1. The molecule has 13 heavy (non-hydrogen) atoms. The zero-order valence-corrected chi connectivity index (χ0v) is 8.56. The van der Waals surface area contributed by atoms with Gasteiger partial charge in [-0.15, -0.1) is 0 Å². The lowest BCUT2D eigenvalue weighted by atomic mass is 9.96. The van der Waals surface area contributed by atoms with E-state index in [4.69, 9.17) is 0 Å². The molecule has 1 rings (SSSR count). The van der Waals surface area contributed by atoms with Gasteiger partial charge in [-0.3, -0.25) is 0 Å². The summed E-state index contributed by atoms with van der Waals surface area (Å²) in [5.74, 6) is 5.95. The van der Waals surface area contributed by atoms with Crippen molar-refractivity contribution in [3.05, 3.63) is 11.6 Å². The summed E-state index contributed by atoms with van der Waals surface area (Å²) in [5, 5.41) is 10.00. The quantitative estimate of drug-likeness (QED) is 0.509. The van der Waals surface area contributed by atoms with E-state index in [-0.39, 0.29) is 0 Å². The first-order valence-corrected chi connectivity index (χ1v) is 5.08. The van der Waals surface area contributed by atoms with Gasteiger partial charge in [0.1, 0.15) is 5.60 Å². The monoisotopic (exact) mass is 178 g/mol. The Morgan fingerprint density at radius 1 is 1.62 bits per heavy atom. The molecule has 1 unspecified atom stereocenters. The van der Waals surface area contributed by atoms with Crippen LogP contribution >= 0.6 is 0 Å². The molecule has 1 atom stereocenters. The van der Waals surface area contributed by atoms with E-state index in [0.717, 1.165) is 31.3 Å². The summed E-state index contributed by atoms with van der Waals surface area (Å²) in [4.78, 5) is 0. The molecule has 1 aliphatic carbocycles. The van der Waals surface area contributed by atoms with Crippen LogP contribution in [0.3, 0.4) is 0 Å². The number of hydrogen-bond donors (Lipinski definition) is 1. The van der Waals surface area contributed by atoms with E-state index in [9.17, 15) is 5.11 Å². The van der Waals surface area contributed by atoms with E-state index in [1.54, 1.807) is 6.92 Å². The van der Waals surface area contributed by atoms with E-state index in [1.807, 2.05) is 0 Å². The normalized spacial score (nSPS) is 20.1. The van der Waals surface area contributed by atoms with Gasteiger partial charge in [0.25, 0.3) is 0 Å². The zero-order chi connectivity index (χ0) is 9.73. The highest BCUT2D eigenvalue weighted by Gasteiger charge is 2.24. The van der Waals surface area contributed by atoms with Crippen molar-refractivity contribution in [3.63, 3.8) is 0 Å². The summed E-state index contributed by atoms with van der Waals surface area (Å²) in [6, 6.07) is 0. The molecule has 0 radical (unpaired) electrons. The standard InChI is InChI=1S/C12H18O/c1-3-4-7-10-12(2,13)11-8-5-6-9-11/h8,13H,3-6,9H2,1-2H3. The first-order chi connectivity index (χ1) is 6.17. The van der Waals surface area contributed by atoms with Crippen molar-refractivity contribution >= 4 is 0 Å². The van der Waals surface area contributed by atoms with Gasteiger partial charge in [0.05, 0.1) is 0 Å². The molecule has 0 saturated carbocycles. The highest BCUT2D eigenvalue weighted by molar-refractivity contribution is 5.31. The molecule has 0 aromatic carbocycles. The predicted molar refractivity (Wildman–Crippen MR) is 55.2 cm³/mol. The Balaban J connectivity index is 2.60. The highest BCUT2D eigenvalue weighted by atomic mass is 16.3. The Morgan fingerprint density at radius 3 is 2.92 bits per heavy atom. The second kappa shape index (κ2) is 4.48. The van der Waals surface area contributed by atoms with Crippen molar-refractivity contribution in [2.24, 2.45) is 0 Å². The van der Waals surface area contributed by atoms with Crippen molar-refractivity contribution < 1.29 is 5.11 Å². The SMILES string of the molecule is CCCC#CC(C)(O)C1=CCCC1. The average molecular weight is 178 g/mol. The van der Waals surface area contributed by atoms with Gasteiger partial charge >= 0.3 is 0 Å². The van der Waals surface area contributed by atoms with Gasteiger partial charge < -0.3 is 5.11 Å². The molecule has 0 aromatic rings. The van der Waals surface area contributed by atoms with Gasteiger partial charge in [-0.2, -0.15) is 0 Å². The van der Waals surface area contributed by atoms with Crippen molar-refractivity contribution in [1.82, 2.24) is 0 Å². The molecule has 1 nitrogen and oxygen atoms in total. The van der Waals surface area contributed by atoms with Gasteiger partial charge in [0.2, 0.25) is 0 Å². The first-order valence-electron chi connectivity index (χ1n) is 5.08. The van der Waals surface area contributed by atoms with E-state index in [2.05, 4.69) is 24.8 Å². The molecule has 0 fully saturated rings. The van der Waals surface area contributed by atoms with Crippen LogP contribution in [0.25, 0.3) is 0 Å². The van der Waals surface area contributed by atoms with Gasteiger partial charge in [-0.1, -0.05) is 24.8 Å². The van der Waals surface area contributed by atoms with Crippen LogP contribution in [0.4, 0.5) is 0 Å². The Morgan fingerprint density at radius 2 is 2.38 bits per heavy atom. The lowest BCUT2D eigenvalue weighted by Gasteiger charge is -2.17. The highest BCUT2D eigenvalue weighted by Crippen LogP contribution is 2.27. The molecule has 72 valence electrons. The lowest BCUT2D eigenvalue weighted by molar-refractivity contribution is 0.158. The Bertz CT molecular complexity index is 250. The Hall–Kier alpha value is -0.740. The van der Waals surface area contributed by atoms with Crippen LogP contribution in [-0.2, 0) is 0 Å². The smallest absolute Gasteiger partial charge is 0.144 e. The van der Waals surface area contributed by atoms with Crippen LogP contribution in [0, 0.1) is 11.8 Å². The van der Waals surface area contributed by atoms with Crippen molar-refractivity contribution in [2.45, 2.75) is 51.6 Å². The minimum Gasteiger partial charge on any atom is -0.374 e. The Labute approximate surface area is 80.9 Å². The Kier molecular flexibility index (Phi) is 3.57. The average Bonchev–Trinajstić information content (AvgIpc) is 2.56. The molecule has 0 saturated heterocycles. The summed E-state index contributed by atoms with van der Waals surface area (Å²) in [6.45, 7) is 3.89. The maximum atomic E-state index is 10.00. The van der Waals surface area contributed by atoms with Crippen LogP contribution in [0.15, 0.2) is 11.6 Å². The van der Waals surface area contributed by atoms with Crippen molar-refractivity contribution in [3.8, 4) is 11.8 Å². The minimum absolute atomic E-state index is 0.869. The van der Waals surface area contributed by atoms with Gasteiger partial charge in [-0.25, -0.2) is 0 Å². The fourth-order valence-corrected chi connectivity index (χ4v) is 1.55. The first kappa shape index (κ1) is 10.3. The fraction of sp³-hybridized carbons (Fsp3) is 0.667. The zero-order valence-electron chi connectivity index (χ0n) is 8.56. The molecule has 0 spiro atoms. The molecule has 0 amide bonds. The molecule has 0 bridgehead atoms. The summed E-state index contributed by atoms with van der Waals surface area (Å²) >= 11 is 0. The number of allylic oxidation sites excluding steroid dienone is 1. The minimum atomic E-state index is -0.869. The van der Waals surface area contributed by atoms with Gasteiger partial charge in [-0.05, 0) is 38.2 Å². The third kappa shape index (κ3) is 2.90. The third-order valence-corrected chi connectivity index (χ3v) is 2.37. The van der Waals surface area contributed by atoms with Gasteiger partial charge in [0, 0.05) is 6.42 Å². The van der Waals surface area contributed by atoms with Crippen LogP contribution in [-0.4, -0.2) is 10.7 Å². The molecule has 0 aliphatic heterocycles. The second-order valence-electron chi connectivity index (χ2n) is 3.75. The molecule has 0 aromatic heterocycles. The largest absolute Gasteiger partial charge is 0.374 e. The van der Waals surface area contributed by atoms with Crippen molar-refractivity contribution in [2.75, 3.05) is 0 Å². The predicted octanol–water partition coefficient (Wildman–Crippen LogP) is 2.65. The van der Waals surface area contributed by atoms with Crippen LogP contribution in [0.2, 0.25) is 0 Å². The van der Waals surface area contributed by atoms with E-state index in [1.165, 1.54) is 6.42 Å². The summed E-state index contributed by atoms with van der Waals surface area (Å²) in [7, 11) is 0. The molecular weight excluding hydrogens is 160 g/mol. The number of hydrogen-bond acceptors (Lipinski definition) is 1. The topological polar surface area (TPSA) is 20.2 Å². The molecule has 0 heterocycles. The van der Waals surface area contributed by atoms with E-state index in [0.29, 0.717) is 0 Å². The summed E-state index contributed by atoms with van der Waals surface area (Å²) < 4.78 is 0.